The van der Waals surface area contributed by atoms with Gasteiger partial charge in [-0.25, -0.2) is 0 Å². The van der Waals surface area contributed by atoms with Gasteiger partial charge in [0, 0.05) is 9.35 Å². The van der Waals surface area contributed by atoms with Gasteiger partial charge in [-0.05, 0) is 55.5 Å². The molecule has 1 aromatic heterocycles. The Balaban J connectivity index is 2.03. The highest BCUT2D eigenvalue weighted by atomic mass is 79.9. The van der Waals surface area contributed by atoms with Gasteiger partial charge in [0.25, 0.3) is 0 Å². The number of carbonyl (C=O) groups excluding carboxylic acids is 1. The molecular weight excluding hydrogens is 336 g/mol. The molecule has 4 heteroatoms. The number of rotatable bonds is 3. The summed E-state index contributed by atoms with van der Waals surface area (Å²) in [6, 6.07) is 5.82. The van der Waals surface area contributed by atoms with Gasteiger partial charge >= 0.3 is 0 Å². The first-order valence-corrected chi connectivity index (χ1v) is 8.21. The Bertz CT molecular complexity index is 667. The number of hydrogen-bond donors (Lipinski definition) is 0. The van der Waals surface area contributed by atoms with Crippen molar-refractivity contribution in [2.45, 2.75) is 26.2 Å². The SMILES string of the molecule is COc1cc(C)c(Br)cc1C(=O)c1cc2c(s1)CCC2. The number of ether oxygens (including phenoxy) is 1. The van der Waals surface area contributed by atoms with Gasteiger partial charge in [-0.2, -0.15) is 0 Å². The number of fused-ring (bicyclic) bond motifs is 1. The Hall–Kier alpha value is -1.13. The maximum atomic E-state index is 12.7. The molecule has 1 aliphatic carbocycles. The van der Waals surface area contributed by atoms with E-state index < -0.39 is 0 Å². The average Bonchev–Trinajstić information content (AvgIpc) is 3.01. The lowest BCUT2D eigenvalue weighted by molar-refractivity contribution is 0.103. The predicted molar refractivity (Wildman–Crippen MR) is 85.2 cm³/mol. The lowest BCUT2D eigenvalue weighted by Crippen LogP contribution is -2.03. The Morgan fingerprint density at radius 2 is 2.10 bits per heavy atom. The van der Waals surface area contributed by atoms with Crippen molar-refractivity contribution in [2.24, 2.45) is 0 Å². The zero-order chi connectivity index (χ0) is 14.3. The normalized spacial score (nSPS) is 13.3. The van der Waals surface area contributed by atoms with Crippen LogP contribution < -0.4 is 4.74 Å². The lowest BCUT2D eigenvalue weighted by atomic mass is 10.1. The van der Waals surface area contributed by atoms with Gasteiger partial charge in [-0.1, -0.05) is 15.9 Å². The molecule has 0 N–H and O–H groups in total. The molecule has 0 radical (unpaired) electrons. The third kappa shape index (κ3) is 2.31. The Kier molecular flexibility index (Phi) is 3.69. The van der Waals surface area contributed by atoms with Gasteiger partial charge in [-0.3, -0.25) is 4.79 Å². The molecule has 3 rings (SSSR count). The number of hydrogen-bond acceptors (Lipinski definition) is 3. The minimum Gasteiger partial charge on any atom is -0.496 e. The molecule has 1 aromatic carbocycles. The topological polar surface area (TPSA) is 26.3 Å². The first-order chi connectivity index (χ1) is 9.60. The third-order valence-corrected chi connectivity index (χ3v) is 5.79. The van der Waals surface area contributed by atoms with Crippen LogP contribution in [0, 0.1) is 6.92 Å². The van der Waals surface area contributed by atoms with E-state index >= 15 is 0 Å². The van der Waals surface area contributed by atoms with Crippen molar-refractivity contribution < 1.29 is 9.53 Å². The lowest BCUT2D eigenvalue weighted by Gasteiger charge is -2.09. The molecule has 0 aliphatic heterocycles. The van der Waals surface area contributed by atoms with E-state index in [0.717, 1.165) is 27.8 Å². The van der Waals surface area contributed by atoms with Crippen molar-refractivity contribution in [3.63, 3.8) is 0 Å². The summed E-state index contributed by atoms with van der Waals surface area (Å²) in [4.78, 5) is 14.9. The Morgan fingerprint density at radius 1 is 1.30 bits per heavy atom. The van der Waals surface area contributed by atoms with Crippen LogP contribution in [0.4, 0.5) is 0 Å². The van der Waals surface area contributed by atoms with Crippen molar-refractivity contribution in [2.75, 3.05) is 7.11 Å². The van der Waals surface area contributed by atoms with Crippen LogP contribution in [-0.2, 0) is 12.8 Å². The first kappa shape index (κ1) is 13.8. The van der Waals surface area contributed by atoms with E-state index in [1.165, 1.54) is 16.9 Å². The summed E-state index contributed by atoms with van der Waals surface area (Å²) in [5.41, 5.74) is 3.04. The van der Waals surface area contributed by atoms with Crippen LogP contribution in [0.1, 0.15) is 37.7 Å². The van der Waals surface area contributed by atoms with E-state index in [0.29, 0.717) is 11.3 Å². The van der Waals surface area contributed by atoms with E-state index in [1.807, 2.05) is 19.1 Å². The Morgan fingerprint density at radius 3 is 2.80 bits per heavy atom. The van der Waals surface area contributed by atoms with Crippen LogP contribution in [0.5, 0.6) is 5.75 Å². The summed E-state index contributed by atoms with van der Waals surface area (Å²) < 4.78 is 6.30. The van der Waals surface area contributed by atoms with Crippen molar-refractivity contribution in [3.05, 3.63) is 49.1 Å². The fourth-order valence-corrected chi connectivity index (χ4v) is 4.13. The molecule has 0 bridgehead atoms. The molecule has 1 aliphatic rings. The molecule has 2 aromatic rings. The fraction of sp³-hybridized carbons (Fsp3) is 0.312. The van der Waals surface area contributed by atoms with Crippen LogP contribution in [0.2, 0.25) is 0 Å². The van der Waals surface area contributed by atoms with Gasteiger partial charge in [0.1, 0.15) is 5.75 Å². The van der Waals surface area contributed by atoms with E-state index in [1.54, 1.807) is 18.4 Å². The maximum Gasteiger partial charge on any atom is 0.206 e. The van der Waals surface area contributed by atoms with Crippen molar-refractivity contribution in [1.82, 2.24) is 0 Å². The van der Waals surface area contributed by atoms with Gasteiger partial charge < -0.3 is 4.74 Å². The highest BCUT2D eigenvalue weighted by molar-refractivity contribution is 9.10. The summed E-state index contributed by atoms with van der Waals surface area (Å²) in [5, 5.41) is 0. The number of thiophene rings is 1. The number of ketones is 1. The fourth-order valence-electron chi connectivity index (χ4n) is 2.58. The summed E-state index contributed by atoms with van der Waals surface area (Å²) in [5.74, 6) is 0.700. The summed E-state index contributed by atoms with van der Waals surface area (Å²) >= 11 is 5.12. The van der Waals surface area contributed by atoms with E-state index in [4.69, 9.17) is 4.74 Å². The molecule has 0 fully saturated rings. The minimum absolute atomic E-state index is 0.0574. The highest BCUT2D eigenvalue weighted by Gasteiger charge is 2.22. The van der Waals surface area contributed by atoms with Crippen molar-refractivity contribution in [3.8, 4) is 5.75 Å². The molecule has 0 atom stereocenters. The molecule has 0 unspecified atom stereocenters. The standard InChI is InChI=1S/C16H15BrO2S/c1-9-6-13(19-2)11(8-12(9)17)16(18)15-7-10-4-3-5-14(10)20-15/h6-8H,3-5H2,1-2H3. The molecule has 104 valence electrons. The zero-order valence-corrected chi connectivity index (χ0v) is 13.9. The quantitative estimate of drug-likeness (QED) is 0.759. The first-order valence-electron chi connectivity index (χ1n) is 6.60. The van der Waals surface area contributed by atoms with Crippen LogP contribution in [-0.4, -0.2) is 12.9 Å². The highest BCUT2D eigenvalue weighted by Crippen LogP contribution is 2.34. The van der Waals surface area contributed by atoms with Crippen LogP contribution in [0.3, 0.4) is 0 Å². The molecule has 0 spiro atoms. The number of methoxy groups -OCH3 is 1. The Labute approximate surface area is 130 Å². The predicted octanol–water partition coefficient (Wildman–Crippen LogP) is 4.55. The van der Waals surface area contributed by atoms with E-state index in [2.05, 4.69) is 22.0 Å². The monoisotopic (exact) mass is 350 g/mol. The number of halogens is 1. The van der Waals surface area contributed by atoms with E-state index in [9.17, 15) is 4.79 Å². The molecule has 0 amide bonds. The average molecular weight is 351 g/mol. The van der Waals surface area contributed by atoms with Crippen LogP contribution >= 0.6 is 27.3 Å². The molecule has 1 heterocycles. The van der Waals surface area contributed by atoms with Crippen LogP contribution in [0.25, 0.3) is 0 Å². The summed E-state index contributed by atoms with van der Waals surface area (Å²) in [6.45, 7) is 1.99. The number of benzene rings is 1. The molecule has 0 saturated carbocycles. The van der Waals surface area contributed by atoms with Gasteiger partial charge in [0.2, 0.25) is 5.78 Å². The molecule has 20 heavy (non-hydrogen) atoms. The number of aryl methyl sites for hydroxylation is 3. The largest absolute Gasteiger partial charge is 0.496 e. The molecule has 0 saturated heterocycles. The second kappa shape index (κ2) is 5.34. The smallest absolute Gasteiger partial charge is 0.206 e. The summed E-state index contributed by atoms with van der Waals surface area (Å²) in [6.07, 6.45) is 3.44. The van der Waals surface area contributed by atoms with Gasteiger partial charge in [-0.15, -0.1) is 11.3 Å². The van der Waals surface area contributed by atoms with Gasteiger partial charge in [0.05, 0.1) is 17.6 Å². The van der Waals surface area contributed by atoms with E-state index in [-0.39, 0.29) is 5.78 Å². The molecular formula is C16H15BrO2S. The van der Waals surface area contributed by atoms with Crippen LogP contribution in [0.15, 0.2) is 22.7 Å². The molecule has 2 nitrogen and oxygen atoms in total. The minimum atomic E-state index is 0.0574. The maximum absolute atomic E-state index is 12.7. The van der Waals surface area contributed by atoms with Crippen molar-refractivity contribution >= 4 is 33.0 Å². The second-order valence-electron chi connectivity index (χ2n) is 5.04. The van der Waals surface area contributed by atoms with Crippen molar-refractivity contribution in [1.29, 1.82) is 0 Å². The van der Waals surface area contributed by atoms with Gasteiger partial charge in [0.15, 0.2) is 0 Å². The third-order valence-electron chi connectivity index (χ3n) is 3.70. The summed E-state index contributed by atoms with van der Waals surface area (Å²) in [7, 11) is 1.61. The number of carbonyl (C=O) groups is 1. The zero-order valence-electron chi connectivity index (χ0n) is 11.5. The second-order valence-corrected chi connectivity index (χ2v) is 7.03.